The number of fused-ring (bicyclic) bond motifs is 1. The lowest BCUT2D eigenvalue weighted by Gasteiger charge is -2.42. The maximum atomic E-state index is 15.9. The average Bonchev–Trinajstić information content (AvgIpc) is 3.87. The molecule has 1 saturated carbocycles. The Morgan fingerprint density at radius 3 is 2.51 bits per heavy atom. The molecule has 1 aromatic carbocycles. The van der Waals surface area contributed by atoms with Gasteiger partial charge < -0.3 is 24.4 Å². The molecule has 9 nitrogen and oxygen atoms in total. The molecule has 2 atom stereocenters. The molecule has 266 valence electrons. The van der Waals surface area contributed by atoms with E-state index in [2.05, 4.69) is 40.0 Å². The summed E-state index contributed by atoms with van der Waals surface area (Å²) in [7, 11) is 0. The number of rotatable bonds is 8. The minimum atomic E-state index is -3.33. The lowest BCUT2D eigenvalue weighted by Crippen LogP contribution is -2.59. The molecule has 0 unspecified atom stereocenters. The molecule has 3 fully saturated rings. The van der Waals surface area contributed by atoms with Crippen LogP contribution in [0.5, 0.6) is 0 Å². The predicted octanol–water partition coefficient (Wildman–Crippen LogP) is 6.80. The molecule has 1 aliphatic carbocycles. The zero-order chi connectivity index (χ0) is 35.2. The van der Waals surface area contributed by atoms with Gasteiger partial charge >= 0.3 is 6.09 Å². The predicted molar refractivity (Wildman–Crippen MR) is 186 cm³/mol. The smallest absolute Gasteiger partial charge is 0.408 e. The molecule has 0 spiro atoms. The third-order valence-corrected chi connectivity index (χ3v) is 9.89. The monoisotopic (exact) mass is 682 g/mol. The first-order valence-corrected chi connectivity index (χ1v) is 17.5. The van der Waals surface area contributed by atoms with Gasteiger partial charge in [-0.3, -0.25) is 14.7 Å². The number of carbonyl (C=O) groups is 1. The second-order valence-electron chi connectivity index (χ2n) is 15.3. The van der Waals surface area contributed by atoms with E-state index in [0.717, 1.165) is 50.2 Å². The van der Waals surface area contributed by atoms with E-state index in [4.69, 9.17) is 4.74 Å². The largest absolute Gasteiger partial charge is 0.444 e. The molecule has 0 bridgehead atoms. The number of aromatic nitrogens is 2. The zero-order valence-electron chi connectivity index (χ0n) is 29.4. The number of pyridine rings is 2. The molecule has 3 aliphatic rings. The second-order valence-corrected chi connectivity index (χ2v) is 15.3. The van der Waals surface area contributed by atoms with Crippen LogP contribution in [0.4, 0.5) is 29.3 Å². The van der Waals surface area contributed by atoms with Gasteiger partial charge in [0, 0.05) is 67.1 Å². The molecule has 1 N–H and O–H groups in total. The zero-order valence-corrected chi connectivity index (χ0v) is 29.4. The molecule has 2 aromatic heterocycles. The Kier molecular flexibility index (Phi) is 9.65. The molecule has 6 rings (SSSR count). The standard InChI is InChI=1S/C37H49F3N6O3/c1-23(2)45(28-8-7-14-43(21-28)27-10-9-24(3)41-18-27)19-25-20-46(26-11-12-26)31-17-32(30(38)16-29(31)34(25)47)44-15-13-33(37(39,40)22-44)42-35(48)49-36(4,5)6/h9-10,16-18,20,23,26,28,33H,7-8,11-15,19,21-22H2,1-6H3,(H,42,48)/t28-,33+/m0/s1. The highest BCUT2D eigenvalue weighted by Gasteiger charge is 2.46. The van der Waals surface area contributed by atoms with Gasteiger partial charge in [-0.15, -0.1) is 0 Å². The Morgan fingerprint density at radius 1 is 1.12 bits per heavy atom. The molecule has 2 saturated heterocycles. The first kappa shape index (κ1) is 35.0. The van der Waals surface area contributed by atoms with Crippen LogP contribution in [0.2, 0.25) is 0 Å². The van der Waals surface area contributed by atoms with Gasteiger partial charge in [0.25, 0.3) is 5.92 Å². The summed E-state index contributed by atoms with van der Waals surface area (Å²) < 4.78 is 53.8. The number of benzene rings is 1. The third kappa shape index (κ3) is 7.84. The average molecular weight is 683 g/mol. The van der Waals surface area contributed by atoms with Crippen molar-refractivity contribution in [1.29, 1.82) is 0 Å². The van der Waals surface area contributed by atoms with E-state index in [-0.39, 0.29) is 47.6 Å². The van der Waals surface area contributed by atoms with Gasteiger partial charge in [-0.25, -0.2) is 18.0 Å². The summed E-state index contributed by atoms with van der Waals surface area (Å²) in [6, 6.07) is 6.02. The number of alkyl carbamates (subject to hydrolysis) is 1. The second kappa shape index (κ2) is 13.5. The molecular weight excluding hydrogens is 633 g/mol. The van der Waals surface area contributed by atoms with Crippen LogP contribution in [0, 0.1) is 12.7 Å². The number of anilines is 2. The van der Waals surface area contributed by atoms with Crippen LogP contribution in [0.25, 0.3) is 10.9 Å². The Bertz CT molecular complexity index is 1730. The van der Waals surface area contributed by atoms with Gasteiger partial charge in [0.05, 0.1) is 35.7 Å². The number of halogens is 3. The molecule has 4 heterocycles. The molecule has 0 radical (unpaired) electrons. The number of nitrogens with zero attached hydrogens (tertiary/aromatic N) is 5. The van der Waals surface area contributed by atoms with Gasteiger partial charge in [0.2, 0.25) is 0 Å². The number of carbonyl (C=O) groups excluding carboxylic acids is 1. The molecule has 1 amide bonds. The number of hydrogen-bond acceptors (Lipinski definition) is 7. The van der Waals surface area contributed by atoms with Gasteiger partial charge in [-0.2, -0.15) is 0 Å². The van der Waals surface area contributed by atoms with Crippen LogP contribution in [0.15, 0.2) is 41.5 Å². The summed E-state index contributed by atoms with van der Waals surface area (Å²) in [6.45, 7) is 12.8. The molecule has 12 heteroatoms. The highest BCUT2D eigenvalue weighted by molar-refractivity contribution is 5.84. The van der Waals surface area contributed by atoms with Crippen LogP contribution in [0.1, 0.15) is 84.0 Å². The van der Waals surface area contributed by atoms with E-state index in [0.29, 0.717) is 17.6 Å². The lowest BCUT2D eigenvalue weighted by molar-refractivity contribution is -0.0459. The summed E-state index contributed by atoms with van der Waals surface area (Å²) in [5.41, 5.74) is 2.20. The number of hydrogen-bond donors (Lipinski definition) is 1. The molecule has 3 aromatic rings. The van der Waals surface area contributed by atoms with Crippen LogP contribution < -0.4 is 20.5 Å². The molecule has 2 aliphatic heterocycles. The Labute approximate surface area is 286 Å². The van der Waals surface area contributed by atoms with Gasteiger partial charge in [-0.05, 0) is 97.9 Å². The Morgan fingerprint density at radius 2 is 1.88 bits per heavy atom. The van der Waals surface area contributed by atoms with Crippen molar-refractivity contribution >= 4 is 28.4 Å². The number of piperidine rings is 2. The lowest BCUT2D eigenvalue weighted by atomic mass is 9.99. The highest BCUT2D eigenvalue weighted by atomic mass is 19.3. The highest BCUT2D eigenvalue weighted by Crippen LogP contribution is 2.39. The van der Waals surface area contributed by atoms with E-state index in [1.54, 1.807) is 26.8 Å². The summed E-state index contributed by atoms with van der Waals surface area (Å²) in [5.74, 6) is -4.05. The minimum Gasteiger partial charge on any atom is -0.444 e. The van der Waals surface area contributed by atoms with Gasteiger partial charge in [-0.1, -0.05) is 0 Å². The molecular formula is C37H49F3N6O3. The van der Waals surface area contributed by atoms with Gasteiger partial charge in [0.15, 0.2) is 5.43 Å². The number of nitrogens with one attached hydrogen (secondary N) is 1. The number of alkyl halides is 2. The fraction of sp³-hybridized carbons (Fsp3) is 0.595. The van der Waals surface area contributed by atoms with Crippen molar-refractivity contribution in [1.82, 2.24) is 19.8 Å². The van der Waals surface area contributed by atoms with Crippen molar-refractivity contribution < 1.29 is 22.7 Å². The fourth-order valence-corrected chi connectivity index (χ4v) is 7.24. The summed E-state index contributed by atoms with van der Waals surface area (Å²) in [6.07, 6.45) is 6.71. The van der Waals surface area contributed by atoms with Crippen molar-refractivity contribution in [3.8, 4) is 0 Å². The number of ether oxygens (including phenoxy) is 1. The maximum Gasteiger partial charge on any atom is 0.408 e. The van der Waals surface area contributed by atoms with Crippen molar-refractivity contribution in [3.05, 3.63) is 64.0 Å². The van der Waals surface area contributed by atoms with E-state index in [1.165, 1.54) is 11.0 Å². The summed E-state index contributed by atoms with van der Waals surface area (Å²) in [4.78, 5) is 36.8. The van der Waals surface area contributed by atoms with E-state index < -0.39 is 36.0 Å². The van der Waals surface area contributed by atoms with E-state index in [9.17, 15) is 9.59 Å². The first-order chi connectivity index (χ1) is 23.1. The third-order valence-electron chi connectivity index (χ3n) is 9.89. The van der Waals surface area contributed by atoms with Crippen molar-refractivity contribution in [2.45, 2.75) is 116 Å². The van der Waals surface area contributed by atoms with Crippen LogP contribution in [-0.4, -0.2) is 76.4 Å². The Hall–Kier alpha value is -3.80. The minimum absolute atomic E-state index is 0.0288. The van der Waals surface area contributed by atoms with Crippen molar-refractivity contribution in [2.75, 3.05) is 36.0 Å². The topological polar surface area (TPSA) is 82.9 Å². The quantitative estimate of drug-likeness (QED) is 0.280. The van der Waals surface area contributed by atoms with E-state index in [1.807, 2.05) is 30.0 Å². The number of amides is 1. The van der Waals surface area contributed by atoms with Crippen molar-refractivity contribution in [3.63, 3.8) is 0 Å². The summed E-state index contributed by atoms with van der Waals surface area (Å²) in [5, 5.41) is 2.56. The Balaban J connectivity index is 1.25. The summed E-state index contributed by atoms with van der Waals surface area (Å²) >= 11 is 0. The maximum absolute atomic E-state index is 15.9. The van der Waals surface area contributed by atoms with Gasteiger partial charge in [0.1, 0.15) is 11.4 Å². The SMILES string of the molecule is Cc1ccc(N2CCC[C@H](N(Cc3cn(C4CC4)c4cc(N5CC[C@@H](NC(=O)OC(C)(C)C)C(F)(F)C5)c(F)cc4c3=O)C(C)C)C2)cn1. The van der Waals surface area contributed by atoms with Crippen LogP contribution in [0.3, 0.4) is 0 Å². The van der Waals surface area contributed by atoms with E-state index >= 15 is 13.2 Å². The normalized spacial score (nSPS) is 21.4. The fourth-order valence-electron chi connectivity index (χ4n) is 7.24. The van der Waals surface area contributed by atoms with Crippen LogP contribution >= 0.6 is 0 Å². The first-order valence-electron chi connectivity index (χ1n) is 17.5. The molecule has 49 heavy (non-hydrogen) atoms. The van der Waals surface area contributed by atoms with Crippen LogP contribution in [-0.2, 0) is 11.3 Å². The number of aryl methyl sites for hydroxylation is 1. The van der Waals surface area contributed by atoms with Crippen molar-refractivity contribution in [2.24, 2.45) is 0 Å².